The van der Waals surface area contributed by atoms with Gasteiger partial charge in [0, 0.05) is 13.1 Å². The van der Waals surface area contributed by atoms with Gasteiger partial charge in [-0.25, -0.2) is 0 Å². The summed E-state index contributed by atoms with van der Waals surface area (Å²) in [5.74, 6) is 0.168. The van der Waals surface area contributed by atoms with E-state index >= 15 is 0 Å². The Morgan fingerprint density at radius 1 is 0.594 bits per heavy atom. The number of hydrogen-bond donors (Lipinski definition) is 2. The van der Waals surface area contributed by atoms with Gasteiger partial charge in [-0.2, -0.15) is 0 Å². The number of rotatable bonds is 25. The number of hydrogen-bond acceptors (Lipinski definition) is 3. The standard InChI is InChI=1S/C28H59N3O/c1-3-5-7-9-11-13-15-17-21-25-31(28(32)27(30)23-19-20-24-29)26-22-18-16-14-12-10-8-6-4-2/h27H,3-26,29-30H2,1-2H3/t27-/m0/s1. The van der Waals surface area contributed by atoms with E-state index in [4.69, 9.17) is 11.5 Å². The van der Waals surface area contributed by atoms with Crippen molar-refractivity contribution in [3.05, 3.63) is 0 Å². The molecule has 0 aromatic heterocycles. The number of amides is 1. The fraction of sp³-hybridized carbons (Fsp3) is 0.964. The maximum atomic E-state index is 12.9. The van der Waals surface area contributed by atoms with Crippen LogP contribution in [0.5, 0.6) is 0 Å². The summed E-state index contributed by atoms with van der Waals surface area (Å²) in [6.07, 6.45) is 26.3. The van der Waals surface area contributed by atoms with Crippen LogP contribution in [-0.4, -0.2) is 36.5 Å². The maximum absolute atomic E-state index is 12.9. The fourth-order valence-corrected chi connectivity index (χ4v) is 4.43. The number of nitrogens with zero attached hydrogens (tertiary/aromatic N) is 1. The molecule has 0 aliphatic carbocycles. The van der Waals surface area contributed by atoms with Gasteiger partial charge in [0.05, 0.1) is 6.04 Å². The van der Waals surface area contributed by atoms with Gasteiger partial charge in [0.1, 0.15) is 0 Å². The largest absolute Gasteiger partial charge is 0.341 e. The highest BCUT2D eigenvalue weighted by Gasteiger charge is 2.20. The molecule has 0 saturated heterocycles. The molecule has 0 saturated carbocycles. The summed E-state index contributed by atoms with van der Waals surface area (Å²) in [4.78, 5) is 15.0. The first-order chi connectivity index (χ1) is 15.7. The minimum absolute atomic E-state index is 0.168. The number of carbonyl (C=O) groups is 1. The van der Waals surface area contributed by atoms with Crippen LogP contribution in [-0.2, 0) is 4.79 Å². The Morgan fingerprint density at radius 2 is 0.969 bits per heavy atom. The van der Waals surface area contributed by atoms with E-state index in [9.17, 15) is 4.79 Å². The molecule has 32 heavy (non-hydrogen) atoms. The van der Waals surface area contributed by atoms with Crippen LogP contribution in [0.15, 0.2) is 0 Å². The summed E-state index contributed by atoms with van der Waals surface area (Å²) < 4.78 is 0. The normalized spacial score (nSPS) is 12.2. The minimum atomic E-state index is -0.348. The SMILES string of the molecule is CCCCCCCCCCCN(CCCCCCCCCCC)C(=O)[C@@H](N)CCCCN. The van der Waals surface area contributed by atoms with E-state index in [0.717, 1.165) is 45.2 Å². The Kier molecular flexibility index (Phi) is 24.5. The number of carbonyl (C=O) groups excluding carboxylic acids is 1. The van der Waals surface area contributed by atoms with Crippen molar-refractivity contribution in [1.82, 2.24) is 4.90 Å². The second-order valence-electron chi connectivity index (χ2n) is 9.87. The molecule has 4 nitrogen and oxygen atoms in total. The van der Waals surface area contributed by atoms with Crippen molar-refractivity contribution < 1.29 is 4.79 Å². The molecule has 0 aromatic carbocycles. The van der Waals surface area contributed by atoms with Gasteiger partial charge in [0.2, 0.25) is 5.91 Å². The summed E-state index contributed by atoms with van der Waals surface area (Å²) in [6, 6.07) is -0.348. The molecule has 0 bridgehead atoms. The fourth-order valence-electron chi connectivity index (χ4n) is 4.43. The van der Waals surface area contributed by atoms with Crippen molar-refractivity contribution in [2.45, 2.75) is 155 Å². The molecule has 0 aliphatic heterocycles. The highest BCUT2D eigenvalue weighted by atomic mass is 16.2. The second kappa shape index (κ2) is 25.0. The summed E-state index contributed by atoms with van der Waals surface area (Å²) in [5.41, 5.74) is 11.8. The van der Waals surface area contributed by atoms with Gasteiger partial charge in [-0.1, -0.05) is 123 Å². The summed E-state index contributed by atoms with van der Waals surface area (Å²) in [7, 11) is 0. The van der Waals surface area contributed by atoms with Gasteiger partial charge in [-0.15, -0.1) is 0 Å². The predicted molar refractivity (Wildman–Crippen MR) is 142 cm³/mol. The Hall–Kier alpha value is -0.610. The molecule has 1 amide bonds. The van der Waals surface area contributed by atoms with Crippen molar-refractivity contribution in [3.63, 3.8) is 0 Å². The molecule has 0 fully saturated rings. The molecule has 1 atom stereocenters. The molecule has 0 rings (SSSR count). The third kappa shape index (κ3) is 20.0. The lowest BCUT2D eigenvalue weighted by Crippen LogP contribution is -2.44. The lowest BCUT2D eigenvalue weighted by atomic mass is 10.1. The van der Waals surface area contributed by atoms with E-state index in [2.05, 4.69) is 18.7 Å². The van der Waals surface area contributed by atoms with E-state index in [0.29, 0.717) is 6.54 Å². The van der Waals surface area contributed by atoms with Crippen molar-refractivity contribution in [2.24, 2.45) is 11.5 Å². The van der Waals surface area contributed by atoms with Crippen LogP contribution < -0.4 is 11.5 Å². The third-order valence-corrected chi connectivity index (χ3v) is 6.66. The van der Waals surface area contributed by atoms with E-state index in [1.807, 2.05) is 0 Å². The average molecular weight is 454 g/mol. The van der Waals surface area contributed by atoms with Gasteiger partial charge in [0.15, 0.2) is 0 Å². The molecular formula is C28H59N3O. The summed E-state index contributed by atoms with van der Waals surface area (Å²) in [5, 5.41) is 0. The van der Waals surface area contributed by atoms with E-state index < -0.39 is 0 Å². The van der Waals surface area contributed by atoms with Crippen molar-refractivity contribution in [3.8, 4) is 0 Å². The van der Waals surface area contributed by atoms with Crippen LogP contribution in [0, 0.1) is 0 Å². The monoisotopic (exact) mass is 453 g/mol. The van der Waals surface area contributed by atoms with Crippen molar-refractivity contribution >= 4 is 5.91 Å². The molecule has 0 spiro atoms. The first-order valence-electron chi connectivity index (χ1n) is 14.4. The quantitative estimate of drug-likeness (QED) is 0.142. The van der Waals surface area contributed by atoms with Gasteiger partial charge in [-0.05, 0) is 32.2 Å². The zero-order valence-electron chi connectivity index (χ0n) is 22.1. The first-order valence-corrected chi connectivity index (χ1v) is 14.4. The minimum Gasteiger partial charge on any atom is -0.341 e. The second-order valence-corrected chi connectivity index (χ2v) is 9.87. The molecule has 192 valence electrons. The molecule has 4 heteroatoms. The summed E-state index contributed by atoms with van der Waals surface area (Å²) in [6.45, 7) is 6.99. The van der Waals surface area contributed by atoms with Crippen molar-refractivity contribution in [2.75, 3.05) is 19.6 Å². The lowest BCUT2D eigenvalue weighted by Gasteiger charge is -2.26. The van der Waals surface area contributed by atoms with Crippen LogP contribution in [0.25, 0.3) is 0 Å². The Morgan fingerprint density at radius 3 is 1.34 bits per heavy atom. The maximum Gasteiger partial charge on any atom is 0.239 e. The topological polar surface area (TPSA) is 72.3 Å². The molecule has 0 radical (unpaired) electrons. The number of nitrogens with two attached hydrogens (primary N) is 2. The molecule has 0 aromatic rings. The van der Waals surface area contributed by atoms with Crippen LogP contribution >= 0.6 is 0 Å². The van der Waals surface area contributed by atoms with Crippen LogP contribution in [0.4, 0.5) is 0 Å². The van der Waals surface area contributed by atoms with Crippen LogP contribution in [0.1, 0.15) is 149 Å². The van der Waals surface area contributed by atoms with Gasteiger partial charge < -0.3 is 16.4 Å². The smallest absolute Gasteiger partial charge is 0.239 e. The Bertz CT molecular complexity index is 367. The van der Waals surface area contributed by atoms with Gasteiger partial charge in [0.25, 0.3) is 0 Å². The number of unbranched alkanes of at least 4 members (excludes halogenated alkanes) is 17. The van der Waals surface area contributed by atoms with E-state index in [-0.39, 0.29) is 11.9 Å². The lowest BCUT2D eigenvalue weighted by molar-refractivity contribution is -0.133. The zero-order valence-corrected chi connectivity index (χ0v) is 22.1. The van der Waals surface area contributed by atoms with Gasteiger partial charge >= 0.3 is 0 Å². The van der Waals surface area contributed by atoms with E-state index in [1.54, 1.807) is 0 Å². The molecular weight excluding hydrogens is 394 g/mol. The van der Waals surface area contributed by atoms with Crippen LogP contribution in [0.2, 0.25) is 0 Å². The Balaban J connectivity index is 4.13. The average Bonchev–Trinajstić information content (AvgIpc) is 2.80. The summed E-state index contributed by atoms with van der Waals surface area (Å²) >= 11 is 0. The molecule has 0 heterocycles. The Labute approximate surface area is 201 Å². The van der Waals surface area contributed by atoms with Crippen LogP contribution in [0.3, 0.4) is 0 Å². The molecule has 0 aliphatic rings. The zero-order chi connectivity index (χ0) is 23.7. The highest BCUT2D eigenvalue weighted by molar-refractivity contribution is 5.81. The molecule has 0 unspecified atom stereocenters. The molecule has 4 N–H and O–H groups in total. The van der Waals surface area contributed by atoms with E-state index in [1.165, 1.54) is 103 Å². The predicted octanol–water partition coefficient (Wildman–Crippen LogP) is 7.33. The highest BCUT2D eigenvalue weighted by Crippen LogP contribution is 2.13. The van der Waals surface area contributed by atoms with Crippen molar-refractivity contribution in [1.29, 1.82) is 0 Å². The first kappa shape index (κ1) is 31.4. The third-order valence-electron chi connectivity index (χ3n) is 6.66. The van der Waals surface area contributed by atoms with Gasteiger partial charge in [-0.3, -0.25) is 4.79 Å².